The van der Waals surface area contributed by atoms with Crippen LogP contribution in [-0.4, -0.2) is 9.97 Å². The number of nitrogens with zero attached hydrogens (tertiary/aromatic N) is 2. The largest absolute Gasteiger partial charge is 0.226 e. The van der Waals surface area contributed by atoms with E-state index in [1.165, 1.54) is 43.6 Å². The quantitative estimate of drug-likeness (QED) is 0.164. The molecule has 55 heavy (non-hydrogen) atoms. The average Bonchev–Trinajstić information content (AvgIpc) is 3.66. The Balaban J connectivity index is 1.15. The smallest absolute Gasteiger partial charge is 0.160 e. The summed E-state index contributed by atoms with van der Waals surface area (Å²) >= 11 is 1.76. The molecule has 0 aliphatic rings. The first kappa shape index (κ1) is 32.7. The fourth-order valence-electron chi connectivity index (χ4n) is 7.50. The van der Waals surface area contributed by atoms with Crippen molar-refractivity contribution in [3.05, 3.63) is 206 Å². The third-order valence-corrected chi connectivity index (χ3v) is 11.4. The molecule has 0 saturated heterocycles. The van der Waals surface area contributed by atoms with Gasteiger partial charge in [0, 0.05) is 21.2 Å². The van der Waals surface area contributed by atoms with Crippen LogP contribution in [0.2, 0.25) is 0 Å². The lowest BCUT2D eigenvalue weighted by molar-refractivity contribution is 1.24. The predicted octanol–water partition coefficient (Wildman–Crippen LogP) is 14.5. The molecular weight excluding hydrogens is 685 g/mol. The van der Waals surface area contributed by atoms with Gasteiger partial charge in [0.15, 0.2) is 5.82 Å². The van der Waals surface area contributed by atoms with Crippen molar-refractivity contribution in [2.75, 3.05) is 0 Å². The lowest BCUT2D eigenvalue weighted by atomic mass is 9.89. The minimum Gasteiger partial charge on any atom is -0.226 e. The maximum absolute atomic E-state index is 5.28. The summed E-state index contributed by atoms with van der Waals surface area (Å²) in [6, 6.07) is 73.6. The highest BCUT2D eigenvalue weighted by atomic mass is 32.1. The molecule has 0 amide bonds. The normalized spacial score (nSPS) is 11.3. The Morgan fingerprint density at radius 2 is 0.673 bits per heavy atom. The minimum absolute atomic E-state index is 0.722. The molecule has 3 heteroatoms. The molecule has 8 aromatic carbocycles. The molecule has 258 valence electrons. The summed E-state index contributed by atoms with van der Waals surface area (Å²) in [6.45, 7) is 0. The Labute approximate surface area is 324 Å². The molecule has 2 heterocycles. The van der Waals surface area contributed by atoms with Gasteiger partial charge in [-0.05, 0) is 104 Å². The van der Waals surface area contributed by atoms with E-state index < -0.39 is 0 Å². The summed E-state index contributed by atoms with van der Waals surface area (Å²) in [6.07, 6.45) is 0. The van der Waals surface area contributed by atoms with Crippen molar-refractivity contribution in [1.29, 1.82) is 0 Å². The van der Waals surface area contributed by atoms with Gasteiger partial charge in [0.1, 0.15) is 0 Å². The van der Waals surface area contributed by atoms with Crippen LogP contribution in [0.4, 0.5) is 0 Å². The monoisotopic (exact) mass is 718 g/mol. The van der Waals surface area contributed by atoms with Gasteiger partial charge in [0.05, 0.1) is 15.9 Å². The number of aromatic nitrogens is 2. The standard InChI is InChI=1S/C52H34N2S/c1-5-16-35(17-6-1)41-29-42(36-18-7-2-8-19-36)32-45(31-41)46-33-43(37-20-9-3-10-21-37)30-44(34-46)39-24-15-25-40(28-39)52-53-49(38-22-11-4-12-23-38)51-50(54-52)47-26-13-14-27-48(47)55-51/h1-34H. The van der Waals surface area contributed by atoms with E-state index >= 15 is 0 Å². The van der Waals surface area contributed by atoms with E-state index in [0.29, 0.717) is 0 Å². The second kappa shape index (κ2) is 14.1. The van der Waals surface area contributed by atoms with Gasteiger partial charge in [-0.15, -0.1) is 11.3 Å². The molecule has 0 spiro atoms. The van der Waals surface area contributed by atoms with E-state index in [-0.39, 0.29) is 0 Å². The highest BCUT2D eigenvalue weighted by Crippen LogP contribution is 2.41. The van der Waals surface area contributed by atoms with Gasteiger partial charge in [0.2, 0.25) is 0 Å². The summed E-state index contributed by atoms with van der Waals surface area (Å²) in [7, 11) is 0. The van der Waals surface area contributed by atoms with E-state index in [0.717, 1.165) is 54.9 Å². The van der Waals surface area contributed by atoms with Gasteiger partial charge in [-0.3, -0.25) is 0 Å². The van der Waals surface area contributed by atoms with Crippen LogP contribution in [0.15, 0.2) is 206 Å². The van der Waals surface area contributed by atoms with Gasteiger partial charge >= 0.3 is 0 Å². The minimum atomic E-state index is 0.722. The topological polar surface area (TPSA) is 25.8 Å². The maximum atomic E-state index is 5.28. The van der Waals surface area contributed by atoms with Crippen LogP contribution in [0.1, 0.15) is 0 Å². The summed E-state index contributed by atoms with van der Waals surface area (Å²) in [4.78, 5) is 10.5. The maximum Gasteiger partial charge on any atom is 0.160 e. The zero-order valence-corrected chi connectivity index (χ0v) is 30.7. The van der Waals surface area contributed by atoms with Crippen molar-refractivity contribution in [1.82, 2.24) is 9.97 Å². The SMILES string of the molecule is c1ccc(-c2cc(-c3ccccc3)cc(-c3cc(-c4ccccc4)cc(-c4cccc(-c5nc(-c6ccccc6)c6sc7ccccc7c6n5)c4)c3)c2)cc1. The molecule has 0 N–H and O–H groups in total. The van der Waals surface area contributed by atoms with Crippen LogP contribution in [0, 0.1) is 0 Å². The van der Waals surface area contributed by atoms with Crippen LogP contribution in [0.3, 0.4) is 0 Å². The summed E-state index contributed by atoms with van der Waals surface area (Å²) in [5.74, 6) is 0.722. The number of thiophene rings is 1. The number of hydrogen-bond donors (Lipinski definition) is 0. The summed E-state index contributed by atoms with van der Waals surface area (Å²) < 4.78 is 2.33. The van der Waals surface area contributed by atoms with Gasteiger partial charge in [-0.1, -0.05) is 158 Å². The van der Waals surface area contributed by atoms with E-state index in [1.54, 1.807) is 11.3 Å². The van der Waals surface area contributed by atoms with Crippen molar-refractivity contribution in [2.45, 2.75) is 0 Å². The number of rotatable bonds is 7. The van der Waals surface area contributed by atoms with Gasteiger partial charge in [-0.25, -0.2) is 9.97 Å². The Bertz CT molecular complexity index is 2900. The number of hydrogen-bond acceptors (Lipinski definition) is 3. The first-order chi connectivity index (χ1) is 27.2. The molecule has 10 aromatic rings. The fraction of sp³-hybridized carbons (Fsp3) is 0. The van der Waals surface area contributed by atoms with E-state index in [1.807, 2.05) is 0 Å². The third-order valence-electron chi connectivity index (χ3n) is 10.2. The van der Waals surface area contributed by atoms with Crippen LogP contribution in [-0.2, 0) is 0 Å². The first-order valence-electron chi connectivity index (χ1n) is 18.6. The van der Waals surface area contributed by atoms with Gasteiger partial charge in [-0.2, -0.15) is 0 Å². The number of fused-ring (bicyclic) bond motifs is 3. The third kappa shape index (κ3) is 6.41. The molecule has 2 aromatic heterocycles. The van der Waals surface area contributed by atoms with E-state index in [9.17, 15) is 0 Å². The zero-order valence-electron chi connectivity index (χ0n) is 29.9. The molecule has 0 atom stereocenters. The molecule has 10 rings (SSSR count). The second-order valence-corrected chi connectivity index (χ2v) is 14.9. The van der Waals surface area contributed by atoms with Crippen molar-refractivity contribution in [2.24, 2.45) is 0 Å². The Kier molecular flexibility index (Phi) is 8.40. The van der Waals surface area contributed by atoms with Crippen molar-refractivity contribution < 1.29 is 0 Å². The van der Waals surface area contributed by atoms with E-state index in [2.05, 4.69) is 206 Å². The van der Waals surface area contributed by atoms with Gasteiger partial charge < -0.3 is 0 Å². The van der Waals surface area contributed by atoms with Crippen molar-refractivity contribution >= 4 is 31.6 Å². The second-order valence-electron chi connectivity index (χ2n) is 13.8. The molecule has 0 saturated carbocycles. The highest BCUT2D eigenvalue weighted by Gasteiger charge is 2.17. The van der Waals surface area contributed by atoms with Gasteiger partial charge in [0.25, 0.3) is 0 Å². The zero-order chi connectivity index (χ0) is 36.6. The summed E-state index contributed by atoms with van der Waals surface area (Å²) in [5.41, 5.74) is 15.7. The Hall–Kier alpha value is -6.94. The van der Waals surface area contributed by atoms with Crippen molar-refractivity contribution in [3.63, 3.8) is 0 Å². The molecule has 0 aliphatic carbocycles. The summed E-state index contributed by atoms with van der Waals surface area (Å²) in [5, 5.41) is 1.16. The van der Waals surface area contributed by atoms with Crippen LogP contribution in [0.25, 0.3) is 98.6 Å². The molecule has 0 fully saturated rings. The predicted molar refractivity (Wildman–Crippen MR) is 233 cm³/mol. The fourth-order valence-corrected chi connectivity index (χ4v) is 8.65. The number of benzene rings is 8. The van der Waals surface area contributed by atoms with Crippen LogP contribution >= 0.6 is 11.3 Å². The lowest BCUT2D eigenvalue weighted by Crippen LogP contribution is -1.94. The van der Waals surface area contributed by atoms with Crippen molar-refractivity contribution in [3.8, 4) is 78.3 Å². The average molecular weight is 719 g/mol. The molecular formula is C52H34N2S. The van der Waals surface area contributed by atoms with E-state index in [4.69, 9.17) is 9.97 Å². The Morgan fingerprint density at radius 1 is 0.291 bits per heavy atom. The van der Waals surface area contributed by atoms with Crippen LogP contribution in [0.5, 0.6) is 0 Å². The molecule has 0 aliphatic heterocycles. The highest BCUT2D eigenvalue weighted by molar-refractivity contribution is 7.26. The molecule has 0 unspecified atom stereocenters. The van der Waals surface area contributed by atoms with Crippen LogP contribution < -0.4 is 0 Å². The molecule has 2 nitrogen and oxygen atoms in total. The molecule has 0 bridgehead atoms. The molecule has 0 radical (unpaired) electrons. The lowest BCUT2D eigenvalue weighted by Gasteiger charge is -2.15. The first-order valence-corrected chi connectivity index (χ1v) is 19.4. The Morgan fingerprint density at radius 3 is 1.20 bits per heavy atom.